The van der Waals surface area contributed by atoms with Gasteiger partial charge >= 0.3 is 0 Å². The molecule has 0 aliphatic heterocycles. The van der Waals surface area contributed by atoms with Gasteiger partial charge in [-0.2, -0.15) is 0 Å². The second-order valence-corrected chi connectivity index (χ2v) is 4.28. The van der Waals surface area contributed by atoms with Crippen molar-refractivity contribution in [1.29, 1.82) is 0 Å². The molecule has 0 saturated carbocycles. The van der Waals surface area contributed by atoms with E-state index in [0.717, 1.165) is 17.1 Å². The van der Waals surface area contributed by atoms with E-state index < -0.39 is 0 Å². The van der Waals surface area contributed by atoms with Crippen LogP contribution in [0, 0.1) is 6.92 Å². The lowest BCUT2D eigenvalue weighted by Crippen LogP contribution is -2.26. The first-order valence-electron chi connectivity index (χ1n) is 5.71. The molecule has 90 valence electrons. The molecule has 0 amide bonds. The van der Waals surface area contributed by atoms with Crippen LogP contribution in [0.5, 0.6) is 0 Å². The van der Waals surface area contributed by atoms with Gasteiger partial charge in [-0.25, -0.2) is 0 Å². The second-order valence-electron chi connectivity index (χ2n) is 4.28. The van der Waals surface area contributed by atoms with Gasteiger partial charge in [0.05, 0.1) is 6.61 Å². The predicted molar refractivity (Wildman–Crippen MR) is 67.6 cm³/mol. The third kappa shape index (κ3) is 2.96. The maximum absolute atomic E-state index is 8.88. The van der Waals surface area contributed by atoms with E-state index in [4.69, 9.17) is 15.3 Å². The summed E-state index contributed by atoms with van der Waals surface area (Å²) in [7, 11) is 0. The van der Waals surface area contributed by atoms with Crippen LogP contribution in [0.25, 0.3) is 11.3 Å². The van der Waals surface area contributed by atoms with E-state index >= 15 is 0 Å². The Kier molecular flexibility index (Phi) is 3.61. The van der Waals surface area contributed by atoms with Crippen molar-refractivity contribution in [2.45, 2.75) is 19.4 Å². The van der Waals surface area contributed by atoms with Crippen LogP contribution in [-0.2, 0) is 6.42 Å². The third-order valence-electron chi connectivity index (χ3n) is 2.70. The summed E-state index contributed by atoms with van der Waals surface area (Å²) in [5.74, 6) is 1.65. The van der Waals surface area contributed by atoms with Gasteiger partial charge in [0.15, 0.2) is 0 Å². The molecule has 2 aromatic rings. The number of hydrogen-bond donors (Lipinski definition) is 2. The van der Waals surface area contributed by atoms with E-state index in [1.54, 1.807) is 0 Å². The van der Waals surface area contributed by atoms with E-state index in [1.165, 1.54) is 5.56 Å². The van der Waals surface area contributed by atoms with E-state index in [0.29, 0.717) is 6.42 Å². The molecule has 2 rings (SSSR count). The number of benzene rings is 1. The molecular weight excluding hydrogens is 214 g/mol. The Hall–Kier alpha value is -1.58. The molecule has 1 aromatic carbocycles. The zero-order chi connectivity index (χ0) is 12.3. The first kappa shape index (κ1) is 11.9. The smallest absolute Gasteiger partial charge is 0.134 e. The molecule has 3 N–H and O–H groups in total. The molecule has 3 heteroatoms. The quantitative estimate of drug-likeness (QED) is 0.847. The minimum atomic E-state index is -0.257. The van der Waals surface area contributed by atoms with Gasteiger partial charge in [0, 0.05) is 18.0 Å². The minimum Gasteiger partial charge on any atom is -0.461 e. The molecular formula is C14H17NO2. The molecule has 3 nitrogen and oxygen atoms in total. The maximum atomic E-state index is 8.88. The van der Waals surface area contributed by atoms with Crippen molar-refractivity contribution in [3.63, 3.8) is 0 Å². The van der Waals surface area contributed by atoms with Crippen molar-refractivity contribution in [2.75, 3.05) is 6.61 Å². The van der Waals surface area contributed by atoms with Crippen LogP contribution in [0.2, 0.25) is 0 Å². The van der Waals surface area contributed by atoms with Crippen molar-refractivity contribution in [3.8, 4) is 11.3 Å². The highest BCUT2D eigenvalue weighted by Gasteiger charge is 2.08. The van der Waals surface area contributed by atoms with Gasteiger partial charge in [0.1, 0.15) is 11.5 Å². The van der Waals surface area contributed by atoms with Gasteiger partial charge in [0.2, 0.25) is 0 Å². The fraction of sp³-hybridized carbons (Fsp3) is 0.286. The zero-order valence-electron chi connectivity index (χ0n) is 9.89. The Bertz CT molecular complexity index is 473. The van der Waals surface area contributed by atoms with Crippen LogP contribution in [-0.4, -0.2) is 17.8 Å². The summed E-state index contributed by atoms with van der Waals surface area (Å²) < 4.78 is 5.69. The normalized spacial score (nSPS) is 12.6. The molecule has 0 aliphatic carbocycles. The molecule has 17 heavy (non-hydrogen) atoms. The van der Waals surface area contributed by atoms with Crippen molar-refractivity contribution in [1.82, 2.24) is 0 Å². The highest BCUT2D eigenvalue weighted by molar-refractivity contribution is 5.57. The number of rotatable bonds is 4. The van der Waals surface area contributed by atoms with Crippen LogP contribution in [0.4, 0.5) is 0 Å². The van der Waals surface area contributed by atoms with Gasteiger partial charge in [-0.3, -0.25) is 0 Å². The van der Waals surface area contributed by atoms with Gasteiger partial charge in [-0.15, -0.1) is 0 Å². The zero-order valence-corrected chi connectivity index (χ0v) is 9.89. The molecule has 1 heterocycles. The number of furan rings is 1. The number of aryl methyl sites for hydroxylation is 1. The molecule has 0 fully saturated rings. The lowest BCUT2D eigenvalue weighted by Gasteiger charge is -2.04. The fourth-order valence-corrected chi connectivity index (χ4v) is 1.68. The van der Waals surface area contributed by atoms with Gasteiger partial charge in [-0.05, 0) is 19.1 Å². The predicted octanol–water partition coefficient (Wildman–Crippen LogP) is 2.12. The number of hydrogen-bond acceptors (Lipinski definition) is 3. The van der Waals surface area contributed by atoms with E-state index in [9.17, 15) is 0 Å². The minimum absolute atomic E-state index is 0.0272. The van der Waals surface area contributed by atoms with Gasteiger partial charge in [0.25, 0.3) is 0 Å². The van der Waals surface area contributed by atoms with Crippen molar-refractivity contribution in [2.24, 2.45) is 5.73 Å². The molecule has 0 bridgehead atoms. The number of aliphatic hydroxyl groups is 1. The summed E-state index contributed by atoms with van der Waals surface area (Å²) in [6.45, 7) is 2.03. The summed E-state index contributed by atoms with van der Waals surface area (Å²) in [5.41, 5.74) is 7.94. The van der Waals surface area contributed by atoms with E-state index in [-0.39, 0.29) is 12.6 Å². The fourth-order valence-electron chi connectivity index (χ4n) is 1.68. The Labute approximate surface area is 101 Å². The van der Waals surface area contributed by atoms with E-state index in [2.05, 4.69) is 19.1 Å². The summed E-state index contributed by atoms with van der Waals surface area (Å²) in [6.07, 6.45) is 0.558. The van der Waals surface area contributed by atoms with Crippen molar-refractivity contribution >= 4 is 0 Å². The number of nitrogens with two attached hydrogens (primary N) is 1. The lowest BCUT2D eigenvalue weighted by atomic mass is 10.1. The Balaban J connectivity index is 2.15. The van der Waals surface area contributed by atoms with Gasteiger partial charge < -0.3 is 15.3 Å². The summed E-state index contributed by atoms with van der Waals surface area (Å²) >= 11 is 0. The molecule has 1 atom stereocenters. The van der Waals surface area contributed by atoms with Crippen LogP contribution < -0.4 is 5.73 Å². The van der Waals surface area contributed by atoms with Crippen molar-refractivity contribution in [3.05, 3.63) is 47.7 Å². The summed E-state index contributed by atoms with van der Waals surface area (Å²) in [5, 5.41) is 8.88. The first-order valence-corrected chi connectivity index (χ1v) is 5.71. The topological polar surface area (TPSA) is 59.4 Å². The maximum Gasteiger partial charge on any atom is 0.134 e. The highest BCUT2D eigenvalue weighted by atomic mass is 16.3. The number of aliphatic hydroxyl groups excluding tert-OH is 1. The molecule has 1 unspecified atom stereocenters. The molecule has 0 spiro atoms. The van der Waals surface area contributed by atoms with Crippen LogP contribution >= 0.6 is 0 Å². The SMILES string of the molecule is Cc1ccc(-c2ccc(CC(N)CO)o2)cc1. The Morgan fingerprint density at radius 1 is 1.18 bits per heavy atom. The van der Waals surface area contributed by atoms with Gasteiger partial charge in [-0.1, -0.05) is 29.8 Å². The van der Waals surface area contributed by atoms with E-state index in [1.807, 2.05) is 24.3 Å². The largest absolute Gasteiger partial charge is 0.461 e. The average molecular weight is 231 g/mol. The third-order valence-corrected chi connectivity index (χ3v) is 2.70. The molecule has 0 saturated heterocycles. The average Bonchev–Trinajstić information content (AvgIpc) is 2.78. The Morgan fingerprint density at radius 2 is 1.88 bits per heavy atom. The lowest BCUT2D eigenvalue weighted by molar-refractivity contribution is 0.260. The van der Waals surface area contributed by atoms with Crippen LogP contribution in [0.1, 0.15) is 11.3 Å². The molecule has 1 aromatic heterocycles. The van der Waals surface area contributed by atoms with Crippen molar-refractivity contribution < 1.29 is 9.52 Å². The monoisotopic (exact) mass is 231 g/mol. The first-order chi connectivity index (χ1) is 8.19. The Morgan fingerprint density at radius 3 is 2.53 bits per heavy atom. The highest BCUT2D eigenvalue weighted by Crippen LogP contribution is 2.22. The summed E-state index contributed by atoms with van der Waals surface area (Å²) in [6, 6.07) is 11.8. The second kappa shape index (κ2) is 5.17. The van der Waals surface area contributed by atoms with Crippen LogP contribution in [0.3, 0.4) is 0 Å². The van der Waals surface area contributed by atoms with Crippen LogP contribution in [0.15, 0.2) is 40.8 Å². The molecule has 0 radical (unpaired) electrons. The summed E-state index contributed by atoms with van der Waals surface area (Å²) in [4.78, 5) is 0. The standard InChI is InChI=1S/C14H17NO2/c1-10-2-4-11(5-3-10)14-7-6-13(17-14)8-12(15)9-16/h2-7,12,16H,8-9,15H2,1H3. The molecule has 0 aliphatic rings.